The van der Waals surface area contributed by atoms with E-state index in [0.717, 1.165) is 64.1 Å². The van der Waals surface area contributed by atoms with Crippen molar-refractivity contribution >= 4 is 11.7 Å². The second-order valence-corrected chi connectivity index (χ2v) is 15.1. The van der Waals surface area contributed by atoms with Gasteiger partial charge in [0.1, 0.15) is 22.8 Å². The van der Waals surface area contributed by atoms with Gasteiger partial charge in [0.05, 0.1) is 11.5 Å². The predicted octanol–water partition coefficient (Wildman–Crippen LogP) is 12.4. The summed E-state index contributed by atoms with van der Waals surface area (Å²) >= 11 is 0. The van der Waals surface area contributed by atoms with Crippen LogP contribution >= 0.6 is 0 Å². The van der Waals surface area contributed by atoms with Gasteiger partial charge in [-0.25, -0.2) is 0 Å². The molecule has 3 aromatic rings. The van der Waals surface area contributed by atoms with Gasteiger partial charge in [-0.15, -0.1) is 0 Å². The molecule has 2 aliphatic heterocycles. The summed E-state index contributed by atoms with van der Waals surface area (Å²) in [5, 5.41) is 4.79. The number of hydrogen-bond donors (Lipinski definition) is 0. The molecule has 2 heterocycles. The zero-order valence-electron chi connectivity index (χ0n) is 31.5. The van der Waals surface area contributed by atoms with E-state index in [-0.39, 0.29) is 23.6 Å². The molecule has 5 nitrogen and oxygen atoms in total. The van der Waals surface area contributed by atoms with Crippen molar-refractivity contribution in [3.05, 3.63) is 94.0 Å². The van der Waals surface area contributed by atoms with Crippen molar-refractivity contribution in [3.63, 3.8) is 0 Å². The van der Waals surface area contributed by atoms with Gasteiger partial charge in [0.2, 0.25) is 0 Å². The van der Waals surface area contributed by atoms with Gasteiger partial charge < -0.3 is 14.3 Å². The fourth-order valence-corrected chi connectivity index (χ4v) is 7.95. The monoisotopic (exact) mass is 679 g/mol. The molecule has 2 aliphatic rings. The van der Waals surface area contributed by atoms with E-state index in [1.807, 2.05) is 31.2 Å². The maximum absolute atomic E-state index is 12.5. The minimum atomic E-state index is -0.344. The van der Waals surface area contributed by atoms with Gasteiger partial charge in [-0.05, 0) is 68.7 Å². The second-order valence-electron chi connectivity index (χ2n) is 15.1. The number of benzene rings is 3. The van der Waals surface area contributed by atoms with E-state index in [0.29, 0.717) is 5.75 Å². The number of hydrogen-bond acceptors (Lipinski definition) is 5. The van der Waals surface area contributed by atoms with Crippen LogP contribution in [0.15, 0.2) is 65.8 Å². The van der Waals surface area contributed by atoms with Gasteiger partial charge in [0, 0.05) is 12.5 Å². The van der Waals surface area contributed by atoms with Crippen molar-refractivity contribution in [2.75, 3.05) is 0 Å². The molecule has 3 aromatic carbocycles. The first kappa shape index (κ1) is 37.7. The second kappa shape index (κ2) is 18.6. The molecule has 0 radical (unpaired) electrons. The van der Waals surface area contributed by atoms with Crippen molar-refractivity contribution in [1.29, 1.82) is 0 Å². The third-order valence-corrected chi connectivity index (χ3v) is 11.0. The SMILES string of the molecule is CCCCCCCCCCCCCCCCC1(C)CCc2c(c(C)c(C)c(OC(C)=O)c2C2=NO[C@H](c3ccccc3)[C@H]2c2ccccc2)O1. The minimum absolute atomic E-state index is 0.178. The topological polar surface area (TPSA) is 57.1 Å². The molecule has 0 spiro atoms. The number of fused-ring (bicyclic) bond motifs is 1. The molecule has 0 fully saturated rings. The van der Waals surface area contributed by atoms with Crippen molar-refractivity contribution in [3.8, 4) is 11.5 Å². The Hall–Kier alpha value is -3.60. The predicted molar refractivity (Wildman–Crippen MR) is 205 cm³/mol. The molecule has 5 rings (SSSR count). The lowest BCUT2D eigenvalue weighted by atomic mass is 9.78. The summed E-state index contributed by atoms with van der Waals surface area (Å²) in [6.07, 6.45) is 21.5. The molecule has 1 unspecified atom stereocenters. The summed E-state index contributed by atoms with van der Waals surface area (Å²) in [5.74, 6) is 0.974. The number of ether oxygens (including phenoxy) is 2. The number of carbonyl (C=O) groups excluding carboxylic acids is 1. The molecular formula is C45H61NO4. The van der Waals surface area contributed by atoms with E-state index >= 15 is 0 Å². The Kier molecular flexibility index (Phi) is 14.0. The molecule has 3 atom stereocenters. The van der Waals surface area contributed by atoms with Crippen LogP contribution in [-0.2, 0) is 16.1 Å². The molecule has 50 heavy (non-hydrogen) atoms. The van der Waals surface area contributed by atoms with E-state index in [2.05, 4.69) is 57.2 Å². The normalized spacial score (nSPS) is 19.7. The standard InChI is InChI=1S/C45H61NO4/c1-6-7-8-9-10-11-12-13-14-15-16-17-18-25-31-45(5)32-30-38-40(43(48-35(4)47)34(3)33(2)42(38)49-45)41-39(36-26-21-19-22-27-36)44(50-46-41)37-28-23-20-24-29-37/h19-24,26-29,39,44H,6-18,25,30-32H2,1-5H3/t39-,44+,45?/m0/s1. The number of esters is 1. The van der Waals surface area contributed by atoms with Crippen LogP contribution < -0.4 is 9.47 Å². The number of rotatable bonds is 19. The largest absolute Gasteiger partial charge is 0.487 e. The van der Waals surface area contributed by atoms with Gasteiger partial charge in [-0.3, -0.25) is 4.79 Å². The fraction of sp³-hybridized carbons (Fsp3) is 0.556. The van der Waals surface area contributed by atoms with Crippen LogP contribution in [0.25, 0.3) is 0 Å². The van der Waals surface area contributed by atoms with Crippen molar-refractivity contribution < 1.29 is 19.1 Å². The number of carbonyl (C=O) groups is 1. The lowest BCUT2D eigenvalue weighted by Gasteiger charge is -2.39. The van der Waals surface area contributed by atoms with Crippen molar-refractivity contribution in [2.24, 2.45) is 5.16 Å². The maximum atomic E-state index is 12.5. The average molecular weight is 680 g/mol. The molecule has 0 amide bonds. The van der Waals surface area contributed by atoms with Gasteiger partial charge >= 0.3 is 5.97 Å². The Morgan fingerprint density at radius 3 is 1.88 bits per heavy atom. The van der Waals surface area contributed by atoms with Crippen molar-refractivity contribution in [1.82, 2.24) is 0 Å². The van der Waals surface area contributed by atoms with Crippen LogP contribution in [0, 0.1) is 13.8 Å². The molecule has 5 heteroatoms. The Bertz CT molecular complexity index is 1550. The van der Waals surface area contributed by atoms with Crippen LogP contribution in [0.5, 0.6) is 11.5 Å². The van der Waals surface area contributed by atoms with Crippen LogP contribution in [0.2, 0.25) is 0 Å². The quantitative estimate of drug-likeness (QED) is 0.0719. The smallest absolute Gasteiger partial charge is 0.308 e. The van der Waals surface area contributed by atoms with Crippen LogP contribution in [0.3, 0.4) is 0 Å². The Morgan fingerprint density at radius 2 is 1.32 bits per heavy atom. The summed E-state index contributed by atoms with van der Waals surface area (Å²) in [4.78, 5) is 18.8. The summed E-state index contributed by atoms with van der Waals surface area (Å²) in [6.45, 7) is 10.2. The molecular weight excluding hydrogens is 618 g/mol. The maximum Gasteiger partial charge on any atom is 0.308 e. The molecule has 0 saturated heterocycles. The Morgan fingerprint density at radius 1 is 0.780 bits per heavy atom. The number of nitrogens with zero attached hydrogens (tertiary/aromatic N) is 1. The first-order valence-electron chi connectivity index (χ1n) is 19.7. The van der Waals surface area contributed by atoms with E-state index in [9.17, 15) is 4.79 Å². The summed E-state index contributed by atoms with van der Waals surface area (Å²) < 4.78 is 13.1. The Labute approximate surface area is 302 Å². The average Bonchev–Trinajstić information content (AvgIpc) is 3.56. The molecule has 0 N–H and O–H groups in total. The zero-order valence-corrected chi connectivity index (χ0v) is 31.5. The highest BCUT2D eigenvalue weighted by atomic mass is 16.6. The van der Waals surface area contributed by atoms with Crippen LogP contribution in [0.4, 0.5) is 0 Å². The van der Waals surface area contributed by atoms with E-state index in [1.165, 1.54) is 96.8 Å². The third-order valence-electron chi connectivity index (χ3n) is 11.0. The first-order chi connectivity index (χ1) is 24.3. The van der Waals surface area contributed by atoms with E-state index in [4.69, 9.17) is 19.5 Å². The lowest BCUT2D eigenvalue weighted by molar-refractivity contribution is -0.131. The van der Waals surface area contributed by atoms with E-state index < -0.39 is 0 Å². The lowest BCUT2D eigenvalue weighted by Crippen LogP contribution is -2.37. The highest BCUT2D eigenvalue weighted by Crippen LogP contribution is 2.50. The first-order valence-corrected chi connectivity index (χ1v) is 19.7. The highest BCUT2D eigenvalue weighted by Gasteiger charge is 2.43. The molecule has 0 aliphatic carbocycles. The number of oxime groups is 1. The zero-order chi connectivity index (χ0) is 35.3. The summed E-state index contributed by atoms with van der Waals surface area (Å²) in [5.41, 5.74) is 6.58. The van der Waals surface area contributed by atoms with Gasteiger partial charge in [-0.2, -0.15) is 0 Å². The van der Waals surface area contributed by atoms with Crippen LogP contribution in [0.1, 0.15) is 169 Å². The van der Waals surface area contributed by atoms with Crippen LogP contribution in [-0.4, -0.2) is 17.3 Å². The molecule has 270 valence electrons. The minimum Gasteiger partial charge on any atom is -0.487 e. The third kappa shape index (κ3) is 9.59. The molecule has 0 aromatic heterocycles. The van der Waals surface area contributed by atoms with Gasteiger partial charge in [0.25, 0.3) is 0 Å². The summed E-state index contributed by atoms with van der Waals surface area (Å²) in [7, 11) is 0. The highest BCUT2D eigenvalue weighted by molar-refractivity contribution is 6.10. The van der Waals surface area contributed by atoms with Gasteiger partial charge in [0.15, 0.2) is 6.10 Å². The van der Waals surface area contributed by atoms with Crippen molar-refractivity contribution in [2.45, 2.75) is 161 Å². The van der Waals surface area contributed by atoms with E-state index in [1.54, 1.807) is 0 Å². The summed E-state index contributed by atoms with van der Waals surface area (Å²) in [6, 6.07) is 20.7. The molecule has 0 saturated carbocycles. The van der Waals surface area contributed by atoms with Gasteiger partial charge in [-0.1, -0.05) is 156 Å². The fourth-order valence-electron chi connectivity index (χ4n) is 7.95. The number of unbranched alkanes of at least 4 members (excludes halogenated alkanes) is 13. The Balaban J connectivity index is 1.26. The molecule has 0 bridgehead atoms.